The zero-order valence-electron chi connectivity index (χ0n) is 10.2. The highest BCUT2D eigenvalue weighted by Crippen LogP contribution is 2.20. The van der Waals surface area contributed by atoms with Crippen molar-refractivity contribution < 1.29 is 17.7 Å². The zero-order valence-corrected chi connectivity index (χ0v) is 11.0. The normalized spacial score (nSPS) is 12.2. The zero-order chi connectivity index (χ0) is 13.8. The summed E-state index contributed by atoms with van der Waals surface area (Å²) in [6, 6.07) is 9.85. The predicted octanol–water partition coefficient (Wildman–Crippen LogP) is 3.28. The Morgan fingerprint density at radius 1 is 1.16 bits per heavy atom. The standard InChI is InChI=1S/C14H12F2O2S/c1-18-12-6-5-10(14(16)8-12)9-19(17)13-4-2-3-11(15)7-13/h2-8H,9H2,1H3. The summed E-state index contributed by atoms with van der Waals surface area (Å²) in [6.45, 7) is 0. The van der Waals surface area contributed by atoms with Gasteiger partial charge in [-0.15, -0.1) is 0 Å². The van der Waals surface area contributed by atoms with E-state index in [-0.39, 0.29) is 5.75 Å². The average molecular weight is 282 g/mol. The van der Waals surface area contributed by atoms with Gasteiger partial charge < -0.3 is 4.74 Å². The van der Waals surface area contributed by atoms with Crippen molar-refractivity contribution in [2.45, 2.75) is 10.6 Å². The Morgan fingerprint density at radius 2 is 1.95 bits per heavy atom. The molecule has 100 valence electrons. The molecule has 0 radical (unpaired) electrons. The van der Waals surface area contributed by atoms with Crippen LogP contribution in [0.25, 0.3) is 0 Å². The Hall–Kier alpha value is -1.75. The molecule has 2 aromatic carbocycles. The number of ether oxygens (including phenoxy) is 1. The highest BCUT2D eigenvalue weighted by Gasteiger charge is 2.10. The molecule has 0 saturated heterocycles. The fourth-order valence-electron chi connectivity index (χ4n) is 1.61. The second-order valence-corrected chi connectivity index (χ2v) is 5.36. The van der Waals surface area contributed by atoms with Gasteiger partial charge in [0.05, 0.1) is 23.7 Å². The molecule has 0 N–H and O–H groups in total. The van der Waals surface area contributed by atoms with Crippen molar-refractivity contribution in [2.75, 3.05) is 7.11 Å². The van der Waals surface area contributed by atoms with Crippen LogP contribution < -0.4 is 4.74 Å². The number of rotatable bonds is 4. The summed E-state index contributed by atoms with van der Waals surface area (Å²) in [5.74, 6) is -0.540. The van der Waals surface area contributed by atoms with E-state index in [0.29, 0.717) is 16.2 Å². The van der Waals surface area contributed by atoms with Gasteiger partial charge in [0.1, 0.15) is 17.4 Å². The molecule has 1 unspecified atom stereocenters. The maximum atomic E-state index is 13.7. The predicted molar refractivity (Wildman–Crippen MR) is 69.5 cm³/mol. The molecule has 5 heteroatoms. The number of methoxy groups -OCH3 is 1. The van der Waals surface area contributed by atoms with Gasteiger partial charge in [0.2, 0.25) is 0 Å². The molecule has 0 heterocycles. The lowest BCUT2D eigenvalue weighted by Gasteiger charge is -2.06. The van der Waals surface area contributed by atoms with Crippen LogP contribution in [0, 0.1) is 11.6 Å². The quantitative estimate of drug-likeness (QED) is 0.860. The maximum absolute atomic E-state index is 13.7. The first-order chi connectivity index (χ1) is 9.10. The Labute approximate surface area is 112 Å². The van der Waals surface area contributed by atoms with E-state index < -0.39 is 22.4 Å². The molecule has 0 saturated carbocycles. The number of halogens is 2. The van der Waals surface area contributed by atoms with Gasteiger partial charge in [-0.25, -0.2) is 8.78 Å². The molecule has 2 rings (SSSR count). The Balaban J connectivity index is 2.19. The van der Waals surface area contributed by atoms with Gasteiger partial charge in [0.25, 0.3) is 0 Å². The molecule has 0 spiro atoms. The van der Waals surface area contributed by atoms with Crippen LogP contribution in [0.15, 0.2) is 47.4 Å². The van der Waals surface area contributed by atoms with Gasteiger partial charge in [-0.2, -0.15) is 0 Å². The summed E-state index contributed by atoms with van der Waals surface area (Å²) in [6.07, 6.45) is 0. The van der Waals surface area contributed by atoms with E-state index in [1.807, 2.05) is 0 Å². The molecule has 2 aromatic rings. The molecule has 2 nitrogen and oxygen atoms in total. The molecule has 19 heavy (non-hydrogen) atoms. The van der Waals surface area contributed by atoms with Gasteiger partial charge in [-0.3, -0.25) is 4.21 Å². The second-order valence-electron chi connectivity index (χ2n) is 3.90. The Kier molecular flexibility index (Phi) is 4.27. The van der Waals surface area contributed by atoms with E-state index in [2.05, 4.69) is 0 Å². The molecular formula is C14H12F2O2S. The lowest BCUT2D eigenvalue weighted by Crippen LogP contribution is -2.00. The van der Waals surface area contributed by atoms with Crippen LogP contribution in [0.1, 0.15) is 5.56 Å². The Morgan fingerprint density at radius 3 is 2.58 bits per heavy atom. The fourth-order valence-corrected chi connectivity index (χ4v) is 2.76. The fraction of sp³-hybridized carbons (Fsp3) is 0.143. The van der Waals surface area contributed by atoms with E-state index in [1.54, 1.807) is 12.1 Å². The summed E-state index contributed by atoms with van der Waals surface area (Å²) in [5.41, 5.74) is 0.309. The van der Waals surface area contributed by atoms with E-state index in [1.165, 1.54) is 37.4 Å². The van der Waals surface area contributed by atoms with E-state index >= 15 is 0 Å². The van der Waals surface area contributed by atoms with Crippen LogP contribution in [-0.4, -0.2) is 11.3 Å². The summed E-state index contributed by atoms with van der Waals surface area (Å²) in [4.78, 5) is 0.343. The van der Waals surface area contributed by atoms with Gasteiger partial charge in [-0.05, 0) is 24.3 Å². The van der Waals surface area contributed by atoms with Gasteiger partial charge >= 0.3 is 0 Å². The van der Waals surface area contributed by atoms with Crippen molar-refractivity contribution in [3.8, 4) is 5.75 Å². The van der Waals surface area contributed by atoms with E-state index in [0.717, 1.165) is 0 Å². The van der Waals surface area contributed by atoms with Gasteiger partial charge in [0, 0.05) is 16.5 Å². The van der Waals surface area contributed by atoms with Crippen molar-refractivity contribution in [3.05, 3.63) is 59.7 Å². The lowest BCUT2D eigenvalue weighted by atomic mass is 10.2. The average Bonchev–Trinajstić information content (AvgIpc) is 2.41. The lowest BCUT2D eigenvalue weighted by molar-refractivity contribution is 0.411. The van der Waals surface area contributed by atoms with Crippen LogP contribution in [-0.2, 0) is 16.6 Å². The van der Waals surface area contributed by atoms with Crippen LogP contribution >= 0.6 is 0 Å². The highest BCUT2D eigenvalue weighted by atomic mass is 32.2. The maximum Gasteiger partial charge on any atom is 0.131 e. The summed E-state index contributed by atoms with van der Waals surface area (Å²) in [5, 5.41) is 0. The van der Waals surface area contributed by atoms with Crippen molar-refractivity contribution in [2.24, 2.45) is 0 Å². The molecule has 0 aliphatic heterocycles. The third-order valence-electron chi connectivity index (χ3n) is 2.61. The van der Waals surface area contributed by atoms with Crippen LogP contribution in [0.4, 0.5) is 8.78 Å². The van der Waals surface area contributed by atoms with E-state index in [9.17, 15) is 13.0 Å². The second kappa shape index (κ2) is 5.93. The summed E-state index contributed by atoms with van der Waals surface area (Å²) < 4.78 is 43.6. The van der Waals surface area contributed by atoms with Gasteiger partial charge in [0.15, 0.2) is 0 Å². The topological polar surface area (TPSA) is 26.3 Å². The summed E-state index contributed by atoms with van der Waals surface area (Å²) in [7, 11) is -0.0405. The largest absolute Gasteiger partial charge is 0.497 e. The van der Waals surface area contributed by atoms with Crippen molar-refractivity contribution in [1.29, 1.82) is 0 Å². The molecule has 1 atom stereocenters. The third kappa shape index (κ3) is 3.38. The molecule has 0 bridgehead atoms. The minimum atomic E-state index is -1.48. The van der Waals surface area contributed by atoms with E-state index in [4.69, 9.17) is 4.74 Å². The molecule has 0 amide bonds. The van der Waals surface area contributed by atoms with Crippen LogP contribution in [0.2, 0.25) is 0 Å². The first-order valence-electron chi connectivity index (χ1n) is 5.56. The molecule has 0 fully saturated rings. The third-order valence-corrected chi connectivity index (χ3v) is 3.96. The minimum Gasteiger partial charge on any atom is -0.497 e. The molecular weight excluding hydrogens is 270 g/mol. The van der Waals surface area contributed by atoms with Gasteiger partial charge in [-0.1, -0.05) is 12.1 Å². The SMILES string of the molecule is COc1ccc(CS(=O)c2cccc(F)c2)c(F)c1. The monoisotopic (exact) mass is 282 g/mol. The smallest absolute Gasteiger partial charge is 0.131 e. The summed E-state index contributed by atoms with van der Waals surface area (Å²) >= 11 is 0. The highest BCUT2D eigenvalue weighted by molar-refractivity contribution is 7.84. The number of benzene rings is 2. The first-order valence-corrected chi connectivity index (χ1v) is 6.88. The molecule has 0 aromatic heterocycles. The van der Waals surface area contributed by atoms with Crippen LogP contribution in [0.5, 0.6) is 5.75 Å². The number of hydrogen-bond acceptors (Lipinski definition) is 2. The van der Waals surface area contributed by atoms with Crippen molar-refractivity contribution >= 4 is 10.8 Å². The molecule has 0 aliphatic carbocycles. The minimum absolute atomic E-state index is 0.000713. The molecule has 0 aliphatic rings. The Bertz CT molecular complexity index is 614. The van der Waals surface area contributed by atoms with Crippen LogP contribution in [0.3, 0.4) is 0 Å². The van der Waals surface area contributed by atoms with Crippen molar-refractivity contribution in [3.63, 3.8) is 0 Å². The van der Waals surface area contributed by atoms with Crippen molar-refractivity contribution in [1.82, 2.24) is 0 Å². The number of hydrogen-bond donors (Lipinski definition) is 0. The first kappa shape index (κ1) is 13.7.